The zero-order valence-corrected chi connectivity index (χ0v) is 13.4. The number of anilines is 1. The summed E-state index contributed by atoms with van der Waals surface area (Å²) in [4.78, 5) is 0. The molecule has 0 aliphatic heterocycles. The zero-order chi connectivity index (χ0) is 15.2. The molecule has 1 unspecified atom stereocenters. The molecule has 0 bridgehead atoms. The summed E-state index contributed by atoms with van der Waals surface area (Å²) in [6.45, 7) is 8.41. The Labute approximate surface area is 128 Å². The summed E-state index contributed by atoms with van der Waals surface area (Å²) in [7, 11) is 0. The van der Waals surface area contributed by atoms with Gasteiger partial charge in [0.25, 0.3) is 0 Å². The van der Waals surface area contributed by atoms with Gasteiger partial charge in [0.2, 0.25) is 0 Å². The van der Waals surface area contributed by atoms with Crippen molar-refractivity contribution in [3.8, 4) is 5.75 Å². The van der Waals surface area contributed by atoms with Crippen LogP contribution in [0.1, 0.15) is 44.4 Å². The lowest BCUT2D eigenvalue weighted by Crippen LogP contribution is -2.12. The molecule has 112 valence electrons. The molecule has 1 N–H and O–H groups in total. The van der Waals surface area contributed by atoms with Crippen molar-refractivity contribution in [3.05, 3.63) is 59.7 Å². The van der Waals surface area contributed by atoms with E-state index in [1.165, 1.54) is 11.1 Å². The van der Waals surface area contributed by atoms with Crippen LogP contribution in [0.5, 0.6) is 5.75 Å². The van der Waals surface area contributed by atoms with Gasteiger partial charge >= 0.3 is 0 Å². The largest absolute Gasteiger partial charge is 0.489 e. The minimum Gasteiger partial charge on any atom is -0.489 e. The fourth-order valence-electron chi connectivity index (χ4n) is 2.35. The first-order chi connectivity index (χ1) is 10.1. The highest BCUT2D eigenvalue weighted by atomic mass is 16.5. The smallest absolute Gasteiger partial charge is 0.142 e. The van der Waals surface area contributed by atoms with Gasteiger partial charge in [-0.15, -0.1) is 0 Å². The Bertz CT molecular complexity index is 560. The summed E-state index contributed by atoms with van der Waals surface area (Å²) < 4.78 is 5.88. The minimum absolute atomic E-state index is 0.174. The summed E-state index contributed by atoms with van der Waals surface area (Å²) in [6.07, 6.45) is 1.20. The first-order valence-corrected chi connectivity index (χ1v) is 7.69. The lowest BCUT2D eigenvalue weighted by atomic mass is 10.0. The van der Waals surface area contributed by atoms with Crippen LogP contribution in [0.15, 0.2) is 48.5 Å². The van der Waals surface area contributed by atoms with Crippen molar-refractivity contribution in [3.63, 3.8) is 0 Å². The fraction of sp³-hybridized carbons (Fsp3) is 0.368. The van der Waals surface area contributed by atoms with Crippen LogP contribution in [0, 0.1) is 6.92 Å². The molecule has 2 rings (SSSR count). The van der Waals surface area contributed by atoms with E-state index in [9.17, 15) is 0 Å². The summed E-state index contributed by atoms with van der Waals surface area (Å²) in [5, 5.41) is 3.61. The van der Waals surface area contributed by atoms with E-state index in [4.69, 9.17) is 4.74 Å². The molecule has 0 spiro atoms. The lowest BCUT2D eigenvalue weighted by Gasteiger charge is -2.22. The summed E-state index contributed by atoms with van der Waals surface area (Å²) in [5.41, 5.74) is 3.65. The third-order valence-electron chi connectivity index (χ3n) is 3.47. The SMILES string of the molecule is CCC(Nc1ccccc1OC(C)C)c1ccc(C)cc1. The highest BCUT2D eigenvalue weighted by Gasteiger charge is 2.12. The minimum atomic E-state index is 0.174. The molecular weight excluding hydrogens is 258 g/mol. The molecule has 0 heterocycles. The van der Waals surface area contributed by atoms with Gasteiger partial charge in [-0.25, -0.2) is 0 Å². The van der Waals surface area contributed by atoms with Gasteiger partial charge in [-0.1, -0.05) is 48.9 Å². The first kappa shape index (κ1) is 15.4. The molecule has 0 saturated heterocycles. The predicted octanol–water partition coefficient (Wildman–Crippen LogP) is 5.35. The maximum absolute atomic E-state index is 5.88. The van der Waals surface area contributed by atoms with Crippen molar-refractivity contribution < 1.29 is 4.74 Å². The number of nitrogens with one attached hydrogen (secondary N) is 1. The highest BCUT2D eigenvalue weighted by molar-refractivity contribution is 5.57. The Hall–Kier alpha value is -1.96. The molecule has 0 aromatic heterocycles. The van der Waals surface area contributed by atoms with Crippen LogP contribution in [0.25, 0.3) is 0 Å². The number of rotatable bonds is 6. The highest BCUT2D eigenvalue weighted by Crippen LogP contribution is 2.30. The Balaban J connectivity index is 2.20. The van der Waals surface area contributed by atoms with Crippen molar-refractivity contribution in [1.29, 1.82) is 0 Å². The molecule has 0 amide bonds. The second-order valence-corrected chi connectivity index (χ2v) is 5.68. The van der Waals surface area contributed by atoms with Crippen molar-refractivity contribution in [1.82, 2.24) is 0 Å². The van der Waals surface area contributed by atoms with Gasteiger partial charge in [-0.3, -0.25) is 0 Å². The van der Waals surface area contributed by atoms with Crippen molar-refractivity contribution >= 4 is 5.69 Å². The van der Waals surface area contributed by atoms with Crippen LogP contribution in [0.3, 0.4) is 0 Å². The number of aryl methyl sites for hydroxylation is 1. The van der Waals surface area contributed by atoms with Gasteiger partial charge < -0.3 is 10.1 Å². The lowest BCUT2D eigenvalue weighted by molar-refractivity contribution is 0.243. The molecule has 2 aromatic carbocycles. The Kier molecular flexibility index (Phi) is 5.26. The standard InChI is InChI=1S/C19H25NO/c1-5-17(16-12-10-15(4)11-13-16)20-18-8-6-7-9-19(18)21-14(2)3/h6-14,17,20H,5H2,1-4H3. The third-order valence-corrected chi connectivity index (χ3v) is 3.47. The average Bonchev–Trinajstić information content (AvgIpc) is 2.47. The van der Waals surface area contributed by atoms with Crippen LogP contribution in [0.2, 0.25) is 0 Å². The predicted molar refractivity (Wildman–Crippen MR) is 90.0 cm³/mol. The molecule has 21 heavy (non-hydrogen) atoms. The molecule has 2 aromatic rings. The van der Waals surface area contributed by atoms with E-state index in [1.807, 2.05) is 32.0 Å². The van der Waals surface area contributed by atoms with E-state index in [2.05, 4.69) is 49.5 Å². The van der Waals surface area contributed by atoms with Crippen LogP contribution < -0.4 is 10.1 Å². The maximum atomic E-state index is 5.88. The van der Waals surface area contributed by atoms with Crippen LogP contribution in [-0.4, -0.2) is 6.10 Å². The molecule has 0 radical (unpaired) electrons. The topological polar surface area (TPSA) is 21.3 Å². The molecule has 0 fully saturated rings. The summed E-state index contributed by atoms with van der Waals surface area (Å²) in [5.74, 6) is 0.915. The van der Waals surface area contributed by atoms with Gasteiger partial charge in [-0.2, -0.15) is 0 Å². The van der Waals surface area contributed by atoms with Gasteiger partial charge in [0.1, 0.15) is 5.75 Å². The van der Waals surface area contributed by atoms with Crippen LogP contribution in [-0.2, 0) is 0 Å². The van der Waals surface area contributed by atoms with Crippen molar-refractivity contribution in [2.45, 2.75) is 46.3 Å². The average molecular weight is 283 g/mol. The number of ether oxygens (including phenoxy) is 1. The molecule has 1 atom stereocenters. The quantitative estimate of drug-likeness (QED) is 0.772. The van der Waals surface area contributed by atoms with E-state index in [-0.39, 0.29) is 6.10 Å². The monoisotopic (exact) mass is 283 g/mol. The van der Waals surface area contributed by atoms with Crippen LogP contribution in [0.4, 0.5) is 5.69 Å². The van der Waals surface area contributed by atoms with E-state index in [0.29, 0.717) is 6.04 Å². The van der Waals surface area contributed by atoms with E-state index >= 15 is 0 Å². The van der Waals surface area contributed by atoms with Crippen molar-refractivity contribution in [2.24, 2.45) is 0 Å². The normalized spacial score (nSPS) is 12.2. The van der Waals surface area contributed by atoms with E-state index < -0.39 is 0 Å². The number of benzene rings is 2. The molecular formula is C19H25NO. The fourth-order valence-corrected chi connectivity index (χ4v) is 2.35. The van der Waals surface area contributed by atoms with Gasteiger partial charge in [0, 0.05) is 0 Å². The van der Waals surface area contributed by atoms with Crippen LogP contribution >= 0.6 is 0 Å². The Morgan fingerprint density at radius 1 is 1.00 bits per heavy atom. The van der Waals surface area contributed by atoms with E-state index in [1.54, 1.807) is 0 Å². The first-order valence-electron chi connectivity index (χ1n) is 7.69. The van der Waals surface area contributed by atoms with Crippen molar-refractivity contribution in [2.75, 3.05) is 5.32 Å². The maximum Gasteiger partial charge on any atom is 0.142 e. The summed E-state index contributed by atoms with van der Waals surface area (Å²) >= 11 is 0. The number of hydrogen-bond donors (Lipinski definition) is 1. The molecule has 0 saturated carbocycles. The molecule has 2 nitrogen and oxygen atoms in total. The second kappa shape index (κ2) is 7.16. The van der Waals surface area contributed by atoms with E-state index in [0.717, 1.165) is 17.9 Å². The molecule has 2 heteroatoms. The zero-order valence-electron chi connectivity index (χ0n) is 13.4. The third kappa shape index (κ3) is 4.25. The van der Waals surface area contributed by atoms with Gasteiger partial charge in [0.05, 0.1) is 17.8 Å². The number of para-hydroxylation sites is 2. The molecule has 0 aliphatic carbocycles. The Morgan fingerprint density at radius 2 is 1.67 bits per heavy atom. The second-order valence-electron chi connectivity index (χ2n) is 5.68. The number of hydrogen-bond acceptors (Lipinski definition) is 2. The van der Waals surface area contributed by atoms with Gasteiger partial charge in [-0.05, 0) is 44.9 Å². The summed E-state index contributed by atoms with van der Waals surface area (Å²) in [6, 6.07) is 17.2. The Morgan fingerprint density at radius 3 is 2.29 bits per heavy atom. The molecule has 0 aliphatic rings. The van der Waals surface area contributed by atoms with Gasteiger partial charge in [0.15, 0.2) is 0 Å².